The normalized spacial score (nSPS) is 11.7. The quantitative estimate of drug-likeness (QED) is 0.486. The highest BCUT2D eigenvalue weighted by Crippen LogP contribution is 2.27. The summed E-state index contributed by atoms with van der Waals surface area (Å²) in [4.78, 5) is 24.8. The summed E-state index contributed by atoms with van der Waals surface area (Å²) < 4.78 is 10.7. The molecule has 0 N–H and O–H groups in total. The van der Waals surface area contributed by atoms with Crippen LogP contribution >= 0.6 is 23.2 Å². The van der Waals surface area contributed by atoms with Crippen molar-refractivity contribution in [3.63, 3.8) is 0 Å². The van der Waals surface area contributed by atoms with E-state index in [9.17, 15) is 9.59 Å². The molecule has 0 saturated heterocycles. The molecular formula is C19H18Cl2O4. The molecule has 0 radical (unpaired) electrons. The lowest BCUT2D eigenvalue weighted by atomic mass is 10.1. The summed E-state index contributed by atoms with van der Waals surface area (Å²) >= 11 is 11.8. The Morgan fingerprint density at radius 3 is 2.24 bits per heavy atom. The fourth-order valence-corrected chi connectivity index (χ4v) is 2.54. The zero-order chi connectivity index (χ0) is 18.4. The lowest BCUT2D eigenvalue weighted by molar-refractivity contribution is 0.0318. The Balaban J connectivity index is 2.19. The average Bonchev–Trinajstić information content (AvgIpc) is 2.58. The number of halogens is 2. The van der Waals surface area contributed by atoms with E-state index in [1.165, 1.54) is 30.3 Å². The summed E-state index contributed by atoms with van der Waals surface area (Å²) in [5, 5.41) is 0.628. The minimum absolute atomic E-state index is 0.127. The molecule has 132 valence electrons. The standard InChI is InChI=1S/C19H18Cl2O4/c1-3-6-12(2)24-18(22)14-7-4-5-8-15(14)19(23)25-13-9-10-16(20)17(21)11-13/h4-5,7-12H,3,6H2,1-2H3. The number of carbonyl (C=O) groups excluding carboxylic acids is 2. The number of rotatable bonds is 6. The van der Waals surface area contributed by atoms with Crippen LogP contribution in [0.15, 0.2) is 42.5 Å². The smallest absolute Gasteiger partial charge is 0.344 e. The van der Waals surface area contributed by atoms with Crippen molar-refractivity contribution < 1.29 is 19.1 Å². The number of hydrogen-bond acceptors (Lipinski definition) is 4. The van der Waals surface area contributed by atoms with Crippen molar-refractivity contribution in [2.24, 2.45) is 0 Å². The Morgan fingerprint density at radius 2 is 1.64 bits per heavy atom. The second-order valence-corrected chi connectivity index (χ2v) is 6.33. The molecule has 0 heterocycles. The fourth-order valence-electron chi connectivity index (χ4n) is 2.25. The minimum atomic E-state index is -0.672. The highest BCUT2D eigenvalue weighted by Gasteiger charge is 2.21. The van der Waals surface area contributed by atoms with Gasteiger partial charge in [-0.25, -0.2) is 9.59 Å². The average molecular weight is 381 g/mol. The largest absolute Gasteiger partial charge is 0.459 e. The molecule has 4 nitrogen and oxygen atoms in total. The molecule has 0 fully saturated rings. The van der Waals surface area contributed by atoms with Crippen LogP contribution in [0.25, 0.3) is 0 Å². The molecule has 0 aliphatic carbocycles. The highest BCUT2D eigenvalue weighted by molar-refractivity contribution is 6.42. The van der Waals surface area contributed by atoms with Gasteiger partial charge in [0.1, 0.15) is 5.75 Å². The van der Waals surface area contributed by atoms with Crippen molar-refractivity contribution in [2.45, 2.75) is 32.8 Å². The minimum Gasteiger partial charge on any atom is -0.459 e. The Kier molecular flexibility index (Phi) is 6.85. The molecule has 1 atom stereocenters. The number of hydrogen-bond donors (Lipinski definition) is 0. The van der Waals surface area contributed by atoms with E-state index in [0.717, 1.165) is 12.8 Å². The van der Waals surface area contributed by atoms with Crippen LogP contribution in [0, 0.1) is 0 Å². The lowest BCUT2D eigenvalue weighted by Crippen LogP contribution is -2.19. The molecule has 0 aliphatic heterocycles. The molecule has 0 bridgehead atoms. The number of benzene rings is 2. The van der Waals surface area contributed by atoms with Gasteiger partial charge in [-0.05, 0) is 37.6 Å². The van der Waals surface area contributed by atoms with Gasteiger partial charge in [0.2, 0.25) is 0 Å². The van der Waals surface area contributed by atoms with Crippen LogP contribution in [-0.2, 0) is 4.74 Å². The van der Waals surface area contributed by atoms with Gasteiger partial charge in [-0.15, -0.1) is 0 Å². The van der Waals surface area contributed by atoms with Crippen LogP contribution in [0.4, 0.5) is 0 Å². The number of carbonyl (C=O) groups is 2. The molecule has 0 saturated carbocycles. The van der Waals surface area contributed by atoms with E-state index >= 15 is 0 Å². The first-order chi connectivity index (χ1) is 11.9. The van der Waals surface area contributed by atoms with E-state index in [-0.39, 0.29) is 28.0 Å². The van der Waals surface area contributed by atoms with Crippen molar-refractivity contribution in [3.8, 4) is 5.75 Å². The maximum Gasteiger partial charge on any atom is 0.344 e. The summed E-state index contributed by atoms with van der Waals surface area (Å²) in [5.41, 5.74) is 0.290. The molecular weight excluding hydrogens is 363 g/mol. The molecule has 2 aromatic rings. The Labute approximate surface area is 156 Å². The Hall–Kier alpha value is -2.04. The van der Waals surface area contributed by atoms with E-state index in [1.54, 1.807) is 12.1 Å². The maximum atomic E-state index is 12.4. The van der Waals surface area contributed by atoms with E-state index < -0.39 is 11.9 Å². The zero-order valence-corrected chi connectivity index (χ0v) is 15.4. The van der Waals surface area contributed by atoms with Crippen molar-refractivity contribution in [2.75, 3.05) is 0 Å². The predicted octanol–water partition coefficient (Wildman–Crippen LogP) is 5.56. The summed E-state index contributed by atoms with van der Waals surface area (Å²) in [5.74, 6) is -0.987. The fraction of sp³-hybridized carbons (Fsp3) is 0.263. The predicted molar refractivity (Wildman–Crippen MR) is 97.6 cm³/mol. The molecule has 1 unspecified atom stereocenters. The molecule has 2 aromatic carbocycles. The van der Waals surface area contributed by atoms with Gasteiger partial charge in [-0.3, -0.25) is 0 Å². The molecule has 0 aromatic heterocycles. The first-order valence-electron chi connectivity index (χ1n) is 7.89. The van der Waals surface area contributed by atoms with E-state index in [0.29, 0.717) is 5.02 Å². The third-order valence-electron chi connectivity index (χ3n) is 3.47. The van der Waals surface area contributed by atoms with Crippen LogP contribution in [0.2, 0.25) is 10.0 Å². The van der Waals surface area contributed by atoms with Crippen molar-refractivity contribution in [1.82, 2.24) is 0 Å². The van der Waals surface area contributed by atoms with Crippen molar-refractivity contribution in [3.05, 3.63) is 63.6 Å². The molecule has 0 amide bonds. The number of ether oxygens (including phenoxy) is 2. The Morgan fingerprint density at radius 1 is 1.00 bits per heavy atom. The van der Waals surface area contributed by atoms with Gasteiger partial charge in [0.25, 0.3) is 0 Å². The second kappa shape index (κ2) is 8.88. The third kappa shape index (κ3) is 5.21. The zero-order valence-electron chi connectivity index (χ0n) is 13.9. The summed E-state index contributed by atoms with van der Waals surface area (Å²) in [6.45, 7) is 3.82. The topological polar surface area (TPSA) is 52.6 Å². The first-order valence-corrected chi connectivity index (χ1v) is 8.65. The van der Waals surface area contributed by atoms with E-state index in [2.05, 4.69) is 0 Å². The third-order valence-corrected chi connectivity index (χ3v) is 4.21. The van der Waals surface area contributed by atoms with Crippen LogP contribution in [0.5, 0.6) is 5.75 Å². The second-order valence-electron chi connectivity index (χ2n) is 5.52. The van der Waals surface area contributed by atoms with Crippen LogP contribution in [0.1, 0.15) is 47.4 Å². The van der Waals surface area contributed by atoms with Gasteiger partial charge in [0.15, 0.2) is 0 Å². The van der Waals surface area contributed by atoms with Crippen molar-refractivity contribution in [1.29, 1.82) is 0 Å². The maximum absolute atomic E-state index is 12.4. The monoisotopic (exact) mass is 380 g/mol. The van der Waals surface area contributed by atoms with E-state index in [1.807, 2.05) is 13.8 Å². The first kappa shape index (κ1) is 19.3. The van der Waals surface area contributed by atoms with Crippen LogP contribution < -0.4 is 4.74 Å². The van der Waals surface area contributed by atoms with Gasteiger partial charge < -0.3 is 9.47 Å². The van der Waals surface area contributed by atoms with Crippen molar-refractivity contribution >= 4 is 35.1 Å². The molecule has 2 rings (SSSR count). The summed E-state index contributed by atoms with van der Waals surface area (Å²) in [6.07, 6.45) is 1.42. The highest BCUT2D eigenvalue weighted by atomic mass is 35.5. The molecule has 25 heavy (non-hydrogen) atoms. The molecule has 0 spiro atoms. The molecule has 6 heteroatoms. The van der Waals surface area contributed by atoms with Crippen LogP contribution in [0.3, 0.4) is 0 Å². The SMILES string of the molecule is CCCC(C)OC(=O)c1ccccc1C(=O)Oc1ccc(Cl)c(Cl)c1. The van der Waals surface area contributed by atoms with Gasteiger partial charge in [-0.1, -0.05) is 48.7 Å². The van der Waals surface area contributed by atoms with Gasteiger partial charge in [0, 0.05) is 6.07 Å². The van der Waals surface area contributed by atoms with Gasteiger partial charge in [-0.2, -0.15) is 0 Å². The summed E-state index contributed by atoms with van der Waals surface area (Å²) in [6, 6.07) is 10.9. The number of esters is 2. The Bertz CT molecular complexity index is 774. The van der Waals surface area contributed by atoms with Gasteiger partial charge in [0.05, 0.1) is 27.3 Å². The molecule has 0 aliphatic rings. The van der Waals surface area contributed by atoms with Gasteiger partial charge >= 0.3 is 11.9 Å². The summed E-state index contributed by atoms with van der Waals surface area (Å²) in [7, 11) is 0. The van der Waals surface area contributed by atoms with E-state index in [4.69, 9.17) is 32.7 Å². The van der Waals surface area contributed by atoms with Crippen LogP contribution in [-0.4, -0.2) is 18.0 Å². The lowest BCUT2D eigenvalue weighted by Gasteiger charge is -2.14.